The van der Waals surface area contributed by atoms with Crippen molar-refractivity contribution in [3.63, 3.8) is 0 Å². The Morgan fingerprint density at radius 2 is 1.88 bits per heavy atom. The van der Waals surface area contributed by atoms with Crippen molar-refractivity contribution in [2.45, 2.75) is 52.2 Å². The molecule has 1 aromatic carbocycles. The first-order chi connectivity index (χ1) is 11.2. The largest absolute Gasteiger partial charge is 0.493 e. The van der Waals surface area contributed by atoms with E-state index in [1.807, 2.05) is 25.1 Å². The Labute approximate surface area is 143 Å². The zero-order valence-electron chi connectivity index (χ0n) is 15.0. The molecule has 1 rings (SSSR count). The topological polar surface area (TPSA) is 76.1 Å². The van der Waals surface area contributed by atoms with Gasteiger partial charge in [0.2, 0.25) is 0 Å². The van der Waals surface area contributed by atoms with Gasteiger partial charge in [-0.25, -0.2) is 9.59 Å². The predicted octanol–water partition coefficient (Wildman–Crippen LogP) is 3.34. The summed E-state index contributed by atoms with van der Waals surface area (Å²) in [5, 5.41) is 9.53. The highest BCUT2D eigenvalue weighted by molar-refractivity contribution is 5.80. The molecule has 0 saturated carbocycles. The third kappa shape index (κ3) is 6.10. The van der Waals surface area contributed by atoms with Crippen LogP contribution in [0.25, 0.3) is 0 Å². The summed E-state index contributed by atoms with van der Waals surface area (Å²) in [4.78, 5) is 24.9. The number of carbonyl (C=O) groups is 2. The number of nitrogens with zero attached hydrogens (tertiary/aromatic N) is 1. The van der Waals surface area contributed by atoms with E-state index in [9.17, 15) is 14.7 Å². The van der Waals surface area contributed by atoms with E-state index < -0.39 is 23.7 Å². The van der Waals surface area contributed by atoms with E-state index in [2.05, 4.69) is 0 Å². The molecule has 0 aliphatic rings. The van der Waals surface area contributed by atoms with Crippen molar-refractivity contribution in [1.29, 1.82) is 0 Å². The molecule has 24 heavy (non-hydrogen) atoms. The van der Waals surface area contributed by atoms with Crippen molar-refractivity contribution in [2.75, 3.05) is 13.7 Å². The van der Waals surface area contributed by atoms with Gasteiger partial charge in [0.25, 0.3) is 0 Å². The summed E-state index contributed by atoms with van der Waals surface area (Å²) in [6, 6.07) is 6.23. The molecule has 6 nitrogen and oxygen atoms in total. The third-order valence-electron chi connectivity index (χ3n) is 3.28. The standard InChI is InChI=1S/C18H27NO5/c1-6-11-23-15-10-8-7-9-13(15)12-14(16(20)21)19(5)17(22)24-18(2,3)4/h7-10,14H,6,11-12H2,1-5H3,(H,20,21)/t14-/m1/s1. The molecule has 0 unspecified atom stereocenters. The molecular weight excluding hydrogens is 310 g/mol. The Hall–Kier alpha value is -2.24. The summed E-state index contributed by atoms with van der Waals surface area (Å²) in [5.41, 5.74) is 0.0602. The molecule has 1 atom stereocenters. The Kier molecular flexibility index (Phi) is 7.07. The minimum absolute atomic E-state index is 0.144. The molecule has 1 amide bonds. The van der Waals surface area contributed by atoms with Crippen LogP contribution in [0.3, 0.4) is 0 Å². The number of amides is 1. The van der Waals surface area contributed by atoms with Gasteiger partial charge >= 0.3 is 12.1 Å². The first-order valence-corrected chi connectivity index (χ1v) is 8.05. The molecule has 0 aliphatic carbocycles. The smallest absolute Gasteiger partial charge is 0.410 e. The summed E-state index contributed by atoms with van der Waals surface area (Å²) in [6.45, 7) is 7.77. The van der Waals surface area contributed by atoms with Gasteiger partial charge in [-0.05, 0) is 38.8 Å². The molecular formula is C18H27NO5. The lowest BCUT2D eigenvalue weighted by Gasteiger charge is -2.28. The SMILES string of the molecule is CCCOc1ccccc1C[C@H](C(=O)O)N(C)C(=O)OC(C)(C)C. The lowest BCUT2D eigenvalue weighted by Crippen LogP contribution is -2.46. The quantitative estimate of drug-likeness (QED) is 0.826. The summed E-state index contributed by atoms with van der Waals surface area (Å²) in [5.74, 6) is -0.447. The number of carboxylic acids is 1. The maximum Gasteiger partial charge on any atom is 0.410 e. The van der Waals surface area contributed by atoms with Gasteiger partial charge in [0.15, 0.2) is 0 Å². The van der Waals surface area contributed by atoms with Crippen LogP contribution < -0.4 is 4.74 Å². The molecule has 0 bridgehead atoms. The van der Waals surface area contributed by atoms with Crippen molar-refractivity contribution in [1.82, 2.24) is 4.90 Å². The van der Waals surface area contributed by atoms with Crippen LogP contribution in [0.5, 0.6) is 5.75 Å². The third-order valence-corrected chi connectivity index (χ3v) is 3.28. The van der Waals surface area contributed by atoms with Gasteiger partial charge in [-0.1, -0.05) is 25.1 Å². The second kappa shape index (κ2) is 8.57. The maximum absolute atomic E-state index is 12.2. The number of rotatable bonds is 7. The van der Waals surface area contributed by atoms with E-state index in [0.29, 0.717) is 12.4 Å². The molecule has 0 aliphatic heterocycles. The summed E-state index contributed by atoms with van der Waals surface area (Å²) in [7, 11) is 1.43. The molecule has 0 spiro atoms. The minimum Gasteiger partial charge on any atom is -0.493 e. The number of benzene rings is 1. The van der Waals surface area contributed by atoms with Gasteiger partial charge in [0.1, 0.15) is 17.4 Å². The first kappa shape index (κ1) is 19.8. The van der Waals surface area contributed by atoms with Gasteiger partial charge in [-0.3, -0.25) is 4.90 Å². The summed E-state index contributed by atoms with van der Waals surface area (Å²) >= 11 is 0. The van der Waals surface area contributed by atoms with E-state index >= 15 is 0 Å². The Bertz CT molecular complexity index is 565. The fourth-order valence-corrected chi connectivity index (χ4v) is 2.08. The monoisotopic (exact) mass is 337 g/mol. The van der Waals surface area contributed by atoms with Crippen molar-refractivity contribution >= 4 is 12.1 Å². The number of hydrogen-bond acceptors (Lipinski definition) is 4. The number of hydrogen-bond donors (Lipinski definition) is 1. The minimum atomic E-state index is -1.09. The number of aliphatic carboxylic acids is 1. The second-order valence-corrected chi connectivity index (χ2v) is 6.61. The molecule has 0 radical (unpaired) electrons. The summed E-state index contributed by atoms with van der Waals surface area (Å²) in [6.07, 6.45) is 0.335. The predicted molar refractivity (Wildman–Crippen MR) is 91.4 cm³/mol. The van der Waals surface area contributed by atoms with Crippen LogP contribution in [0, 0.1) is 0 Å². The first-order valence-electron chi connectivity index (χ1n) is 8.05. The van der Waals surface area contributed by atoms with Crippen molar-refractivity contribution < 1.29 is 24.2 Å². The molecule has 1 N–H and O–H groups in total. The molecule has 0 fully saturated rings. The van der Waals surface area contributed by atoms with E-state index in [1.165, 1.54) is 7.05 Å². The van der Waals surface area contributed by atoms with Crippen molar-refractivity contribution in [3.8, 4) is 5.75 Å². The highest BCUT2D eigenvalue weighted by Crippen LogP contribution is 2.22. The van der Waals surface area contributed by atoms with Crippen LogP contribution in [0.1, 0.15) is 39.7 Å². The van der Waals surface area contributed by atoms with E-state index in [-0.39, 0.29) is 6.42 Å². The molecule has 0 aromatic heterocycles. The highest BCUT2D eigenvalue weighted by atomic mass is 16.6. The fourth-order valence-electron chi connectivity index (χ4n) is 2.08. The number of carboxylic acid groups (broad SMARTS) is 1. The van der Waals surface area contributed by atoms with E-state index in [0.717, 1.165) is 16.9 Å². The van der Waals surface area contributed by atoms with Crippen LogP contribution in [0.15, 0.2) is 24.3 Å². The zero-order chi connectivity index (χ0) is 18.3. The second-order valence-electron chi connectivity index (χ2n) is 6.61. The van der Waals surface area contributed by atoms with Gasteiger partial charge in [-0.15, -0.1) is 0 Å². The maximum atomic E-state index is 12.2. The van der Waals surface area contributed by atoms with Gasteiger partial charge in [-0.2, -0.15) is 0 Å². The molecule has 0 saturated heterocycles. The van der Waals surface area contributed by atoms with Gasteiger partial charge < -0.3 is 14.6 Å². The van der Waals surface area contributed by atoms with Gasteiger partial charge in [0.05, 0.1) is 6.61 Å². The molecule has 0 heterocycles. The Morgan fingerprint density at radius 3 is 2.42 bits per heavy atom. The highest BCUT2D eigenvalue weighted by Gasteiger charge is 2.30. The normalized spacial score (nSPS) is 12.4. The van der Waals surface area contributed by atoms with Crippen LogP contribution in [-0.4, -0.2) is 47.4 Å². The van der Waals surface area contributed by atoms with Crippen LogP contribution in [0.4, 0.5) is 4.79 Å². The van der Waals surface area contributed by atoms with Gasteiger partial charge in [0, 0.05) is 13.5 Å². The number of likely N-dealkylation sites (N-methyl/N-ethyl adjacent to an activating group) is 1. The van der Waals surface area contributed by atoms with Crippen LogP contribution in [0.2, 0.25) is 0 Å². The van der Waals surface area contributed by atoms with Crippen LogP contribution in [-0.2, 0) is 16.0 Å². The summed E-state index contributed by atoms with van der Waals surface area (Å²) < 4.78 is 10.9. The molecule has 6 heteroatoms. The van der Waals surface area contributed by atoms with Crippen molar-refractivity contribution in [3.05, 3.63) is 29.8 Å². The average molecular weight is 337 g/mol. The lowest BCUT2D eigenvalue weighted by atomic mass is 10.0. The lowest BCUT2D eigenvalue weighted by molar-refractivity contribution is -0.142. The van der Waals surface area contributed by atoms with Crippen molar-refractivity contribution in [2.24, 2.45) is 0 Å². The average Bonchev–Trinajstić information content (AvgIpc) is 2.48. The van der Waals surface area contributed by atoms with Crippen LogP contribution >= 0.6 is 0 Å². The number of para-hydroxylation sites is 1. The molecule has 1 aromatic rings. The number of ether oxygens (including phenoxy) is 2. The zero-order valence-corrected chi connectivity index (χ0v) is 15.0. The van der Waals surface area contributed by atoms with E-state index in [4.69, 9.17) is 9.47 Å². The number of carbonyl (C=O) groups excluding carboxylic acids is 1. The molecule has 134 valence electrons. The fraction of sp³-hybridized carbons (Fsp3) is 0.556. The van der Waals surface area contributed by atoms with E-state index in [1.54, 1.807) is 26.8 Å². The Morgan fingerprint density at radius 1 is 1.25 bits per heavy atom. The Balaban J connectivity index is 2.94.